The Bertz CT molecular complexity index is 405. The minimum Gasteiger partial charge on any atom is -0.294 e. The Labute approximate surface area is 90.8 Å². The van der Waals surface area contributed by atoms with Crippen LogP contribution in [0, 0.1) is 5.41 Å². The number of carbonyl (C=O) groups excluding carboxylic acids is 1. The molecule has 1 saturated carbocycles. The summed E-state index contributed by atoms with van der Waals surface area (Å²) in [6.07, 6.45) is 0.961. The van der Waals surface area contributed by atoms with Gasteiger partial charge in [-0.15, -0.1) is 0 Å². The molecule has 1 aromatic rings. The normalized spacial score (nSPS) is 28.5. The second kappa shape index (κ2) is 3.34. The maximum Gasteiger partial charge on any atom is 0.164 e. The van der Waals surface area contributed by atoms with Crippen LogP contribution in [0.5, 0.6) is 0 Å². The van der Waals surface area contributed by atoms with Crippen LogP contribution in [-0.4, -0.2) is 5.78 Å². The molecule has 0 N–H and O–H groups in total. The number of hydrogen-bond donors (Lipinski definition) is 0. The largest absolute Gasteiger partial charge is 0.294 e. The van der Waals surface area contributed by atoms with Gasteiger partial charge in [0.05, 0.1) is 0 Å². The number of carbonyl (C=O) groups is 1. The average Bonchev–Trinajstić information content (AvgIpc) is 2.92. The average molecular weight is 200 g/mol. The molecule has 1 aliphatic rings. The fraction of sp³-hybridized carbons (Fsp3) is 0.357. The van der Waals surface area contributed by atoms with Crippen LogP contribution in [0.3, 0.4) is 0 Å². The van der Waals surface area contributed by atoms with Gasteiger partial charge >= 0.3 is 0 Å². The molecule has 1 heteroatoms. The maximum absolute atomic E-state index is 11.9. The van der Waals surface area contributed by atoms with Crippen molar-refractivity contribution in [2.75, 3.05) is 0 Å². The minimum absolute atomic E-state index is 0.187. The van der Waals surface area contributed by atoms with Gasteiger partial charge in [-0.25, -0.2) is 0 Å². The van der Waals surface area contributed by atoms with E-state index in [0.717, 1.165) is 6.42 Å². The lowest BCUT2D eigenvalue weighted by molar-refractivity contribution is -0.119. The Morgan fingerprint density at radius 3 is 2.53 bits per heavy atom. The molecule has 1 fully saturated rings. The smallest absolute Gasteiger partial charge is 0.164 e. The summed E-state index contributed by atoms with van der Waals surface area (Å²) in [6.45, 7) is 7.58. The van der Waals surface area contributed by atoms with Gasteiger partial charge in [0.2, 0.25) is 0 Å². The van der Waals surface area contributed by atoms with Crippen molar-refractivity contribution < 1.29 is 4.79 Å². The van der Waals surface area contributed by atoms with Crippen molar-refractivity contribution in [3.8, 4) is 0 Å². The van der Waals surface area contributed by atoms with Crippen molar-refractivity contribution in [3.63, 3.8) is 0 Å². The third-order valence-electron chi connectivity index (χ3n) is 3.35. The summed E-state index contributed by atoms with van der Waals surface area (Å²) in [5.74, 6) is 0.610. The van der Waals surface area contributed by atoms with Gasteiger partial charge in [0, 0.05) is 5.41 Å². The predicted molar refractivity (Wildman–Crippen MR) is 61.7 cm³/mol. The number of hydrogen-bond acceptors (Lipinski definition) is 1. The summed E-state index contributed by atoms with van der Waals surface area (Å²) in [5, 5.41) is 0. The summed E-state index contributed by atoms with van der Waals surface area (Å²) < 4.78 is 0. The summed E-state index contributed by atoms with van der Waals surface area (Å²) in [5.41, 5.74) is 1.76. The lowest BCUT2D eigenvalue weighted by atomic mass is 9.93. The molecule has 0 heterocycles. The van der Waals surface area contributed by atoms with E-state index in [4.69, 9.17) is 0 Å². The molecule has 2 atom stereocenters. The molecule has 1 aliphatic carbocycles. The fourth-order valence-corrected chi connectivity index (χ4v) is 2.27. The monoisotopic (exact) mass is 200 g/mol. The maximum atomic E-state index is 11.9. The van der Waals surface area contributed by atoms with Crippen molar-refractivity contribution in [1.82, 2.24) is 0 Å². The highest BCUT2D eigenvalue weighted by Gasteiger charge is 2.55. The Morgan fingerprint density at radius 2 is 2.00 bits per heavy atom. The lowest BCUT2D eigenvalue weighted by Gasteiger charge is -2.09. The molecule has 0 bridgehead atoms. The van der Waals surface area contributed by atoms with Crippen LogP contribution >= 0.6 is 0 Å². The van der Waals surface area contributed by atoms with E-state index in [9.17, 15) is 4.79 Å². The molecule has 0 unspecified atom stereocenters. The molecule has 78 valence electrons. The molecule has 15 heavy (non-hydrogen) atoms. The second-order valence-corrected chi connectivity index (χ2v) is 4.69. The Balaban J connectivity index is 2.20. The SMILES string of the molecule is C=C(C)C(=O)[C@]1(C)C[C@H]1c1ccccc1. The van der Waals surface area contributed by atoms with Gasteiger partial charge in [0.1, 0.15) is 0 Å². The molecule has 0 aliphatic heterocycles. The van der Waals surface area contributed by atoms with Crippen LogP contribution in [0.4, 0.5) is 0 Å². The first-order chi connectivity index (χ1) is 7.05. The third-order valence-corrected chi connectivity index (χ3v) is 3.35. The third kappa shape index (κ3) is 1.63. The van der Waals surface area contributed by atoms with Crippen molar-refractivity contribution in [2.45, 2.75) is 26.2 Å². The molecule has 0 saturated heterocycles. The van der Waals surface area contributed by atoms with Crippen LogP contribution in [0.2, 0.25) is 0 Å². The minimum atomic E-state index is -0.187. The van der Waals surface area contributed by atoms with Crippen molar-refractivity contribution in [3.05, 3.63) is 48.0 Å². The van der Waals surface area contributed by atoms with E-state index < -0.39 is 0 Å². The topological polar surface area (TPSA) is 17.1 Å². The molecule has 2 rings (SSSR count). The van der Waals surface area contributed by atoms with Crippen molar-refractivity contribution >= 4 is 5.78 Å². The summed E-state index contributed by atoms with van der Waals surface area (Å²) >= 11 is 0. The molecular formula is C14H16O. The highest BCUT2D eigenvalue weighted by atomic mass is 16.1. The van der Waals surface area contributed by atoms with Crippen LogP contribution in [0.25, 0.3) is 0 Å². The van der Waals surface area contributed by atoms with Crippen molar-refractivity contribution in [2.24, 2.45) is 5.41 Å². The molecular weight excluding hydrogens is 184 g/mol. The van der Waals surface area contributed by atoms with E-state index in [-0.39, 0.29) is 11.2 Å². The molecule has 0 amide bonds. The van der Waals surface area contributed by atoms with E-state index in [1.165, 1.54) is 5.56 Å². The molecule has 0 spiro atoms. The van der Waals surface area contributed by atoms with Gasteiger partial charge in [0.25, 0.3) is 0 Å². The van der Waals surface area contributed by atoms with Crippen LogP contribution < -0.4 is 0 Å². The van der Waals surface area contributed by atoms with Gasteiger partial charge in [-0.2, -0.15) is 0 Å². The Hall–Kier alpha value is -1.37. The zero-order valence-electron chi connectivity index (χ0n) is 9.29. The molecule has 1 nitrogen and oxygen atoms in total. The first kappa shape index (κ1) is 10.2. The predicted octanol–water partition coefficient (Wildman–Crippen LogP) is 3.33. The zero-order chi connectivity index (χ0) is 11.1. The number of benzene rings is 1. The van der Waals surface area contributed by atoms with Gasteiger partial charge in [0.15, 0.2) is 5.78 Å². The Kier molecular flexibility index (Phi) is 2.26. The van der Waals surface area contributed by atoms with Crippen molar-refractivity contribution in [1.29, 1.82) is 0 Å². The van der Waals surface area contributed by atoms with E-state index in [0.29, 0.717) is 11.5 Å². The second-order valence-electron chi connectivity index (χ2n) is 4.69. The van der Waals surface area contributed by atoms with Gasteiger partial charge < -0.3 is 0 Å². The summed E-state index contributed by atoms with van der Waals surface area (Å²) in [4.78, 5) is 11.9. The first-order valence-corrected chi connectivity index (χ1v) is 5.31. The summed E-state index contributed by atoms with van der Waals surface area (Å²) in [6, 6.07) is 10.3. The fourth-order valence-electron chi connectivity index (χ4n) is 2.27. The van der Waals surface area contributed by atoms with Crippen LogP contribution in [0.15, 0.2) is 42.5 Å². The zero-order valence-corrected chi connectivity index (χ0v) is 9.29. The Morgan fingerprint density at radius 1 is 1.40 bits per heavy atom. The van der Waals surface area contributed by atoms with E-state index in [2.05, 4.69) is 18.7 Å². The number of allylic oxidation sites excluding steroid dienone is 1. The molecule has 0 aromatic heterocycles. The summed E-state index contributed by atoms with van der Waals surface area (Å²) in [7, 11) is 0. The van der Waals surface area contributed by atoms with E-state index >= 15 is 0 Å². The quantitative estimate of drug-likeness (QED) is 0.684. The van der Waals surface area contributed by atoms with Gasteiger partial charge in [-0.3, -0.25) is 4.79 Å². The standard InChI is InChI=1S/C14H16O/c1-10(2)13(15)14(3)9-12(14)11-7-5-4-6-8-11/h4-8,12H,1,9H2,2-3H3/t12-,14+/m0/s1. The van der Waals surface area contributed by atoms with Crippen LogP contribution in [-0.2, 0) is 4.79 Å². The van der Waals surface area contributed by atoms with E-state index in [1.54, 1.807) is 6.92 Å². The van der Waals surface area contributed by atoms with Crippen LogP contribution in [0.1, 0.15) is 31.7 Å². The molecule has 0 radical (unpaired) electrons. The lowest BCUT2D eigenvalue weighted by Crippen LogP contribution is -2.14. The number of Topliss-reactive ketones (excluding diaryl/α,β-unsaturated/α-hetero) is 1. The number of rotatable bonds is 3. The first-order valence-electron chi connectivity index (χ1n) is 5.31. The van der Waals surface area contributed by atoms with Gasteiger partial charge in [-0.1, -0.05) is 43.8 Å². The highest BCUT2D eigenvalue weighted by Crippen LogP contribution is 2.60. The molecule has 1 aromatic carbocycles. The van der Waals surface area contributed by atoms with E-state index in [1.807, 2.05) is 25.1 Å². The van der Waals surface area contributed by atoms with Gasteiger partial charge in [-0.05, 0) is 30.4 Å². The number of ketones is 1. The highest BCUT2D eigenvalue weighted by molar-refractivity contribution is 6.01.